The van der Waals surface area contributed by atoms with Gasteiger partial charge in [-0.2, -0.15) is 5.26 Å². The molecule has 0 aliphatic heterocycles. The number of benzene rings is 1. The molecule has 1 aromatic heterocycles. The van der Waals surface area contributed by atoms with Crippen LogP contribution in [0.5, 0.6) is 0 Å². The molecule has 1 N–H and O–H groups in total. The van der Waals surface area contributed by atoms with E-state index in [0.29, 0.717) is 18.3 Å². The van der Waals surface area contributed by atoms with E-state index in [4.69, 9.17) is 21.8 Å². The molecule has 32 heavy (non-hydrogen) atoms. The van der Waals surface area contributed by atoms with Gasteiger partial charge < -0.3 is 5.32 Å². The van der Waals surface area contributed by atoms with E-state index in [0.717, 1.165) is 36.3 Å². The monoisotopic (exact) mass is 449 g/mol. The minimum Gasteiger partial charge on any atom is -0.384 e. The molecule has 2 aromatic rings. The number of nitrogens with one attached hydrogen (secondary N) is 1. The molecule has 2 atom stereocenters. The lowest BCUT2D eigenvalue weighted by Gasteiger charge is -2.36. The summed E-state index contributed by atoms with van der Waals surface area (Å²) < 4.78 is 0. The van der Waals surface area contributed by atoms with Crippen LogP contribution < -0.4 is 5.32 Å². The SMILES string of the molecule is CC1=CC2Cc3nc4cc(Cl)ccc4c(NCCCCCCCCCCC#N)c3C(C1)C2. The molecule has 2 unspecified atom stereocenters. The van der Waals surface area contributed by atoms with E-state index in [9.17, 15) is 0 Å². The summed E-state index contributed by atoms with van der Waals surface area (Å²) in [6, 6.07) is 8.40. The van der Waals surface area contributed by atoms with E-state index in [1.165, 1.54) is 79.3 Å². The molecule has 0 saturated carbocycles. The number of nitriles is 1. The normalized spacial score (nSPS) is 19.3. The van der Waals surface area contributed by atoms with Gasteiger partial charge in [0, 0.05) is 40.3 Å². The van der Waals surface area contributed by atoms with Gasteiger partial charge in [0.15, 0.2) is 0 Å². The molecule has 0 spiro atoms. The van der Waals surface area contributed by atoms with E-state index < -0.39 is 0 Å². The molecule has 1 aromatic carbocycles. The Labute approximate surface area is 198 Å². The maximum atomic E-state index is 8.59. The average molecular weight is 450 g/mol. The number of hydrogen-bond acceptors (Lipinski definition) is 3. The topological polar surface area (TPSA) is 48.7 Å². The fraction of sp³-hybridized carbons (Fsp3) is 0.571. The highest BCUT2D eigenvalue weighted by atomic mass is 35.5. The van der Waals surface area contributed by atoms with Crippen LogP contribution in [0.15, 0.2) is 29.8 Å². The number of allylic oxidation sites excluding steroid dienone is 2. The Bertz CT molecular complexity index is 1000. The summed E-state index contributed by atoms with van der Waals surface area (Å²) in [7, 11) is 0. The number of nitrogens with zero attached hydrogens (tertiary/aromatic N) is 2. The van der Waals surface area contributed by atoms with Crippen molar-refractivity contribution in [3.05, 3.63) is 46.1 Å². The van der Waals surface area contributed by atoms with Crippen molar-refractivity contribution in [3.63, 3.8) is 0 Å². The smallest absolute Gasteiger partial charge is 0.0741 e. The van der Waals surface area contributed by atoms with Crippen molar-refractivity contribution in [1.82, 2.24) is 4.98 Å². The molecule has 2 aliphatic rings. The minimum absolute atomic E-state index is 0.588. The highest BCUT2D eigenvalue weighted by molar-refractivity contribution is 6.31. The molecule has 3 nitrogen and oxygen atoms in total. The molecule has 0 amide bonds. The largest absolute Gasteiger partial charge is 0.384 e. The van der Waals surface area contributed by atoms with Gasteiger partial charge in [0.25, 0.3) is 0 Å². The van der Waals surface area contributed by atoms with Crippen molar-refractivity contribution in [2.75, 3.05) is 11.9 Å². The number of hydrogen-bond donors (Lipinski definition) is 1. The summed E-state index contributed by atoms with van der Waals surface area (Å²) in [5, 5.41) is 14.4. The second kappa shape index (κ2) is 11.2. The van der Waals surface area contributed by atoms with Gasteiger partial charge in [-0.1, -0.05) is 61.8 Å². The van der Waals surface area contributed by atoms with Crippen molar-refractivity contribution in [2.45, 2.75) is 89.9 Å². The number of aromatic nitrogens is 1. The predicted octanol–water partition coefficient (Wildman–Crippen LogP) is 8.33. The van der Waals surface area contributed by atoms with Crippen LogP contribution in [0.2, 0.25) is 5.02 Å². The van der Waals surface area contributed by atoms with Gasteiger partial charge in [-0.05, 0) is 69.1 Å². The first-order valence-corrected chi connectivity index (χ1v) is 12.9. The standard InChI is InChI=1S/C28H36ClN3/c1-20-15-21-17-22(16-20)27-26(18-21)32-25-19-23(29)11-12-24(25)28(27)31-14-10-8-6-4-2-3-5-7-9-13-30/h11-12,15,19,21-22H,2-10,14,16-18H2,1H3,(H,31,32). The third-order valence-corrected chi connectivity index (χ3v) is 7.36. The van der Waals surface area contributed by atoms with Crippen LogP contribution in [0.4, 0.5) is 5.69 Å². The Morgan fingerprint density at radius 1 is 1.06 bits per heavy atom. The number of anilines is 1. The number of halogens is 1. The molecular weight excluding hydrogens is 414 g/mol. The van der Waals surface area contributed by atoms with E-state index in [2.05, 4.69) is 30.5 Å². The summed E-state index contributed by atoms with van der Waals surface area (Å²) in [6.07, 6.45) is 16.6. The molecule has 2 aliphatic carbocycles. The molecule has 2 bridgehead atoms. The molecule has 170 valence electrons. The highest BCUT2D eigenvalue weighted by Gasteiger charge is 2.33. The van der Waals surface area contributed by atoms with Gasteiger partial charge in [0.1, 0.15) is 0 Å². The van der Waals surface area contributed by atoms with Crippen molar-refractivity contribution in [1.29, 1.82) is 5.26 Å². The Balaban J connectivity index is 1.37. The zero-order chi connectivity index (χ0) is 22.3. The zero-order valence-electron chi connectivity index (χ0n) is 19.4. The third kappa shape index (κ3) is 5.65. The van der Waals surface area contributed by atoms with Gasteiger partial charge in [0.05, 0.1) is 11.6 Å². The molecule has 0 radical (unpaired) electrons. The number of fused-ring (bicyclic) bond motifs is 5. The van der Waals surface area contributed by atoms with Gasteiger partial charge in [-0.25, -0.2) is 0 Å². The zero-order valence-corrected chi connectivity index (χ0v) is 20.2. The fourth-order valence-electron chi connectivity index (χ4n) is 5.68. The minimum atomic E-state index is 0.588. The first kappa shape index (κ1) is 23.1. The summed E-state index contributed by atoms with van der Waals surface area (Å²) in [5.74, 6) is 1.22. The van der Waals surface area contributed by atoms with Crippen LogP contribution in [0.3, 0.4) is 0 Å². The van der Waals surface area contributed by atoms with E-state index in [-0.39, 0.29) is 0 Å². The lowest BCUT2D eigenvalue weighted by molar-refractivity contribution is 0.433. The van der Waals surface area contributed by atoms with Crippen molar-refractivity contribution in [2.24, 2.45) is 5.92 Å². The van der Waals surface area contributed by atoms with Gasteiger partial charge in [-0.3, -0.25) is 4.98 Å². The lowest BCUT2D eigenvalue weighted by atomic mass is 9.71. The molecule has 4 heteroatoms. The van der Waals surface area contributed by atoms with Gasteiger partial charge >= 0.3 is 0 Å². The summed E-state index contributed by atoms with van der Waals surface area (Å²) in [6.45, 7) is 3.30. The quantitative estimate of drug-likeness (QED) is 0.277. The summed E-state index contributed by atoms with van der Waals surface area (Å²) in [4.78, 5) is 5.08. The van der Waals surface area contributed by atoms with Gasteiger partial charge in [-0.15, -0.1) is 0 Å². The number of unbranched alkanes of at least 4 members (excludes halogenated alkanes) is 8. The van der Waals surface area contributed by atoms with E-state index in [1.807, 2.05) is 12.1 Å². The van der Waals surface area contributed by atoms with Crippen LogP contribution in [0, 0.1) is 17.2 Å². The average Bonchev–Trinajstić information content (AvgIpc) is 2.76. The van der Waals surface area contributed by atoms with Crippen LogP contribution in [-0.4, -0.2) is 11.5 Å². The molecule has 4 rings (SSSR count). The Morgan fingerprint density at radius 3 is 2.59 bits per heavy atom. The molecular formula is C28H36ClN3. The van der Waals surface area contributed by atoms with Crippen LogP contribution in [0.1, 0.15) is 94.7 Å². The third-order valence-electron chi connectivity index (χ3n) is 7.12. The molecule has 1 heterocycles. The van der Waals surface area contributed by atoms with Crippen molar-refractivity contribution < 1.29 is 0 Å². The lowest BCUT2D eigenvalue weighted by Crippen LogP contribution is -2.24. The van der Waals surface area contributed by atoms with E-state index >= 15 is 0 Å². The van der Waals surface area contributed by atoms with Crippen molar-refractivity contribution >= 4 is 28.2 Å². The molecule has 0 fully saturated rings. The van der Waals surface area contributed by atoms with Crippen molar-refractivity contribution in [3.8, 4) is 6.07 Å². The Kier molecular flexibility index (Phi) is 8.09. The predicted molar refractivity (Wildman–Crippen MR) is 135 cm³/mol. The second-order valence-electron chi connectivity index (χ2n) is 9.79. The Morgan fingerprint density at radius 2 is 1.81 bits per heavy atom. The first-order valence-electron chi connectivity index (χ1n) is 12.6. The van der Waals surface area contributed by atoms with E-state index in [1.54, 1.807) is 0 Å². The number of rotatable bonds is 11. The number of pyridine rings is 1. The van der Waals surface area contributed by atoms with Gasteiger partial charge in [0.2, 0.25) is 0 Å². The first-order chi connectivity index (χ1) is 15.7. The highest BCUT2D eigenvalue weighted by Crippen LogP contribution is 2.47. The summed E-state index contributed by atoms with van der Waals surface area (Å²) >= 11 is 6.31. The Hall–Kier alpha value is -2.05. The van der Waals surface area contributed by atoms with Crippen LogP contribution >= 0.6 is 11.6 Å². The summed E-state index contributed by atoms with van der Waals surface area (Å²) in [5.41, 5.74) is 6.63. The van der Waals surface area contributed by atoms with Crippen LogP contribution in [0.25, 0.3) is 10.9 Å². The maximum Gasteiger partial charge on any atom is 0.0741 e. The van der Waals surface area contributed by atoms with Crippen LogP contribution in [-0.2, 0) is 6.42 Å². The maximum absolute atomic E-state index is 8.59. The second-order valence-corrected chi connectivity index (χ2v) is 10.2. The molecule has 0 saturated heterocycles. The fourth-order valence-corrected chi connectivity index (χ4v) is 5.85.